The Kier molecular flexibility index (Phi) is 4.81. The number of carbonyl (C=O) groups is 1. The summed E-state index contributed by atoms with van der Waals surface area (Å²) in [6.07, 6.45) is 4.26. The number of rotatable bonds is 6. The molecule has 2 rings (SSSR count). The number of hydrogen-bond donors (Lipinski definition) is 0. The Morgan fingerprint density at radius 1 is 1.30 bits per heavy atom. The van der Waals surface area contributed by atoms with E-state index in [0.717, 1.165) is 42.6 Å². The Balaban J connectivity index is 2.20. The van der Waals surface area contributed by atoms with Crippen molar-refractivity contribution in [3.05, 3.63) is 29.3 Å². The standard InChI is InChI=1S/C17H24O3/c1-4-20-17(9-5-6-10-17)16(18)12-14-11-13(2)7-8-15(14)19-3/h7-8,11H,4-6,9-10,12H2,1-3H3. The van der Waals surface area contributed by atoms with Crippen LogP contribution >= 0.6 is 0 Å². The maximum atomic E-state index is 12.7. The third-order valence-corrected chi connectivity index (χ3v) is 4.13. The van der Waals surface area contributed by atoms with E-state index in [1.807, 2.05) is 32.0 Å². The normalized spacial score (nSPS) is 17.1. The molecule has 0 amide bonds. The summed E-state index contributed by atoms with van der Waals surface area (Å²) in [5.41, 5.74) is 1.55. The molecule has 3 nitrogen and oxygen atoms in total. The summed E-state index contributed by atoms with van der Waals surface area (Å²) in [4.78, 5) is 12.7. The molecule has 0 atom stereocenters. The number of methoxy groups -OCH3 is 1. The van der Waals surface area contributed by atoms with Gasteiger partial charge in [0.1, 0.15) is 11.4 Å². The summed E-state index contributed by atoms with van der Waals surface area (Å²) in [6, 6.07) is 5.96. The first kappa shape index (κ1) is 15.0. The number of carbonyl (C=O) groups excluding carboxylic acids is 1. The highest BCUT2D eigenvalue weighted by Gasteiger charge is 2.41. The molecule has 1 aromatic carbocycles. The van der Waals surface area contributed by atoms with Crippen molar-refractivity contribution in [2.75, 3.05) is 13.7 Å². The van der Waals surface area contributed by atoms with Crippen LogP contribution in [-0.2, 0) is 16.0 Å². The van der Waals surface area contributed by atoms with Gasteiger partial charge in [0.2, 0.25) is 0 Å². The predicted molar refractivity (Wildman–Crippen MR) is 79.3 cm³/mol. The maximum absolute atomic E-state index is 12.7. The molecule has 0 aromatic heterocycles. The van der Waals surface area contributed by atoms with Gasteiger partial charge in [-0.05, 0) is 45.6 Å². The summed E-state index contributed by atoms with van der Waals surface area (Å²) in [6.45, 7) is 4.58. The van der Waals surface area contributed by atoms with E-state index in [2.05, 4.69) is 0 Å². The molecule has 20 heavy (non-hydrogen) atoms. The largest absolute Gasteiger partial charge is 0.496 e. The molecule has 0 bridgehead atoms. The van der Waals surface area contributed by atoms with Crippen LogP contribution in [0, 0.1) is 6.92 Å². The average Bonchev–Trinajstić information content (AvgIpc) is 2.89. The van der Waals surface area contributed by atoms with Crippen molar-refractivity contribution in [1.82, 2.24) is 0 Å². The SMILES string of the molecule is CCOC1(C(=O)Cc2cc(C)ccc2OC)CCCC1. The highest BCUT2D eigenvalue weighted by Crippen LogP contribution is 2.35. The maximum Gasteiger partial charge on any atom is 0.169 e. The zero-order valence-corrected chi connectivity index (χ0v) is 12.7. The van der Waals surface area contributed by atoms with Gasteiger partial charge in [0, 0.05) is 18.6 Å². The number of Topliss-reactive ketones (excluding diaryl/α,β-unsaturated/α-hetero) is 1. The summed E-state index contributed by atoms with van der Waals surface area (Å²) < 4.78 is 11.2. The Morgan fingerprint density at radius 2 is 2.00 bits per heavy atom. The molecule has 1 aromatic rings. The fourth-order valence-corrected chi connectivity index (χ4v) is 3.11. The minimum atomic E-state index is -0.552. The van der Waals surface area contributed by atoms with E-state index in [1.54, 1.807) is 7.11 Å². The fourth-order valence-electron chi connectivity index (χ4n) is 3.11. The van der Waals surface area contributed by atoms with E-state index in [0.29, 0.717) is 13.0 Å². The second-order valence-corrected chi connectivity index (χ2v) is 5.55. The van der Waals surface area contributed by atoms with Crippen LogP contribution in [0.5, 0.6) is 5.75 Å². The Labute approximate surface area is 121 Å². The monoisotopic (exact) mass is 276 g/mol. The van der Waals surface area contributed by atoms with Gasteiger partial charge in [-0.2, -0.15) is 0 Å². The molecule has 0 saturated heterocycles. The van der Waals surface area contributed by atoms with Gasteiger partial charge in [-0.3, -0.25) is 4.79 Å². The van der Waals surface area contributed by atoms with E-state index in [-0.39, 0.29) is 5.78 Å². The Hall–Kier alpha value is -1.35. The lowest BCUT2D eigenvalue weighted by Crippen LogP contribution is -2.40. The zero-order chi connectivity index (χ0) is 14.6. The first-order chi connectivity index (χ1) is 9.61. The molecule has 1 aliphatic carbocycles. The molecule has 0 unspecified atom stereocenters. The van der Waals surface area contributed by atoms with E-state index in [1.165, 1.54) is 0 Å². The first-order valence-electron chi connectivity index (χ1n) is 7.42. The summed E-state index contributed by atoms with van der Waals surface area (Å²) in [7, 11) is 1.65. The minimum absolute atomic E-state index is 0.195. The second-order valence-electron chi connectivity index (χ2n) is 5.55. The fraction of sp³-hybridized carbons (Fsp3) is 0.588. The molecular formula is C17H24O3. The van der Waals surface area contributed by atoms with Crippen molar-refractivity contribution in [3.63, 3.8) is 0 Å². The highest BCUT2D eigenvalue weighted by molar-refractivity contribution is 5.90. The van der Waals surface area contributed by atoms with Gasteiger partial charge in [-0.1, -0.05) is 17.7 Å². The molecular weight excluding hydrogens is 252 g/mol. The summed E-state index contributed by atoms with van der Waals surface area (Å²) in [5, 5.41) is 0. The van der Waals surface area contributed by atoms with Gasteiger partial charge >= 0.3 is 0 Å². The Morgan fingerprint density at radius 3 is 2.60 bits per heavy atom. The van der Waals surface area contributed by atoms with Crippen LogP contribution in [0.15, 0.2) is 18.2 Å². The zero-order valence-electron chi connectivity index (χ0n) is 12.7. The van der Waals surface area contributed by atoms with Gasteiger partial charge in [-0.25, -0.2) is 0 Å². The number of benzene rings is 1. The summed E-state index contributed by atoms with van der Waals surface area (Å²) in [5.74, 6) is 0.981. The van der Waals surface area contributed by atoms with Gasteiger partial charge in [0.25, 0.3) is 0 Å². The van der Waals surface area contributed by atoms with E-state index < -0.39 is 5.60 Å². The third kappa shape index (κ3) is 3.04. The van der Waals surface area contributed by atoms with Crippen molar-refractivity contribution >= 4 is 5.78 Å². The van der Waals surface area contributed by atoms with Crippen molar-refractivity contribution in [1.29, 1.82) is 0 Å². The lowest BCUT2D eigenvalue weighted by molar-refractivity contribution is -0.142. The lowest BCUT2D eigenvalue weighted by Gasteiger charge is -2.27. The lowest BCUT2D eigenvalue weighted by atomic mass is 9.90. The van der Waals surface area contributed by atoms with Crippen molar-refractivity contribution in [3.8, 4) is 5.75 Å². The van der Waals surface area contributed by atoms with Crippen molar-refractivity contribution < 1.29 is 14.3 Å². The number of ether oxygens (including phenoxy) is 2. The van der Waals surface area contributed by atoms with Crippen LogP contribution in [-0.4, -0.2) is 25.1 Å². The van der Waals surface area contributed by atoms with E-state index >= 15 is 0 Å². The Bertz CT molecular complexity index is 473. The smallest absolute Gasteiger partial charge is 0.169 e. The molecule has 1 fully saturated rings. The van der Waals surface area contributed by atoms with Crippen LogP contribution in [0.3, 0.4) is 0 Å². The summed E-state index contributed by atoms with van der Waals surface area (Å²) >= 11 is 0. The molecule has 0 N–H and O–H groups in total. The van der Waals surface area contributed by atoms with Crippen LogP contribution in [0.2, 0.25) is 0 Å². The van der Waals surface area contributed by atoms with E-state index in [9.17, 15) is 4.79 Å². The molecule has 3 heteroatoms. The average molecular weight is 276 g/mol. The molecule has 0 heterocycles. The first-order valence-corrected chi connectivity index (χ1v) is 7.42. The van der Waals surface area contributed by atoms with E-state index in [4.69, 9.17) is 9.47 Å². The minimum Gasteiger partial charge on any atom is -0.496 e. The van der Waals surface area contributed by atoms with Gasteiger partial charge in [-0.15, -0.1) is 0 Å². The number of aryl methyl sites for hydroxylation is 1. The van der Waals surface area contributed by atoms with Gasteiger partial charge in [0.05, 0.1) is 7.11 Å². The molecule has 0 spiro atoms. The van der Waals surface area contributed by atoms with Gasteiger partial charge in [0.15, 0.2) is 5.78 Å². The van der Waals surface area contributed by atoms with Crippen LogP contribution in [0.1, 0.15) is 43.7 Å². The van der Waals surface area contributed by atoms with Crippen LogP contribution in [0.4, 0.5) is 0 Å². The molecule has 1 saturated carbocycles. The predicted octanol–water partition coefficient (Wildman–Crippen LogP) is 3.46. The molecule has 0 aliphatic heterocycles. The molecule has 1 aliphatic rings. The molecule has 0 radical (unpaired) electrons. The van der Waals surface area contributed by atoms with Crippen molar-refractivity contribution in [2.45, 2.75) is 51.6 Å². The van der Waals surface area contributed by atoms with Gasteiger partial charge < -0.3 is 9.47 Å². The molecule has 110 valence electrons. The van der Waals surface area contributed by atoms with Crippen LogP contribution in [0.25, 0.3) is 0 Å². The second kappa shape index (κ2) is 6.40. The highest BCUT2D eigenvalue weighted by atomic mass is 16.5. The third-order valence-electron chi connectivity index (χ3n) is 4.13. The van der Waals surface area contributed by atoms with Crippen molar-refractivity contribution in [2.24, 2.45) is 0 Å². The quantitative estimate of drug-likeness (QED) is 0.798. The number of hydrogen-bond acceptors (Lipinski definition) is 3. The van der Waals surface area contributed by atoms with Crippen LogP contribution < -0.4 is 4.74 Å². The number of ketones is 1. The topological polar surface area (TPSA) is 35.5 Å².